The molecule has 3 amide bonds. The number of nitrogens with two attached hydrogens (primary N) is 1. The van der Waals surface area contributed by atoms with Crippen LogP contribution in [0.15, 0.2) is 48.5 Å². The predicted molar refractivity (Wildman–Crippen MR) is 93.0 cm³/mol. The van der Waals surface area contributed by atoms with Crippen molar-refractivity contribution in [2.75, 3.05) is 18.5 Å². The molecule has 1 unspecified atom stereocenters. The van der Waals surface area contributed by atoms with Crippen molar-refractivity contribution in [2.24, 2.45) is 5.73 Å². The Hall–Kier alpha value is -3.55. The largest absolute Gasteiger partial charge is 0.485 e. The number of fused-ring (bicyclic) bond motifs is 1. The standard InChI is InChI=1S/C18H17N3O5/c19-16(22)9-20-17(23)11-4-3-5-12(8-11)21-18(24)15-10-25-13-6-1-2-7-14(13)26-15/h1-8,15H,9-10H2,(H2,19,22)(H,20,23)(H,21,24). The van der Waals surface area contributed by atoms with Crippen LogP contribution in [-0.2, 0) is 9.59 Å². The highest BCUT2D eigenvalue weighted by atomic mass is 16.6. The Morgan fingerprint density at radius 1 is 1.08 bits per heavy atom. The second kappa shape index (κ2) is 7.56. The topological polar surface area (TPSA) is 120 Å². The van der Waals surface area contributed by atoms with Crippen LogP contribution in [-0.4, -0.2) is 37.0 Å². The molecule has 0 bridgehead atoms. The third-order valence-corrected chi connectivity index (χ3v) is 3.62. The van der Waals surface area contributed by atoms with E-state index in [0.717, 1.165) is 0 Å². The number of ether oxygens (including phenoxy) is 2. The fourth-order valence-electron chi connectivity index (χ4n) is 2.38. The van der Waals surface area contributed by atoms with Crippen molar-refractivity contribution >= 4 is 23.4 Å². The second-order valence-corrected chi connectivity index (χ2v) is 5.58. The van der Waals surface area contributed by atoms with Crippen LogP contribution in [0.5, 0.6) is 11.5 Å². The maximum absolute atomic E-state index is 12.4. The van der Waals surface area contributed by atoms with Crippen LogP contribution in [0.2, 0.25) is 0 Å². The number of benzene rings is 2. The van der Waals surface area contributed by atoms with Crippen LogP contribution in [0.25, 0.3) is 0 Å². The Kier molecular flexibility index (Phi) is 5.02. The van der Waals surface area contributed by atoms with Gasteiger partial charge in [-0.05, 0) is 30.3 Å². The Bertz CT molecular complexity index is 852. The van der Waals surface area contributed by atoms with E-state index in [0.29, 0.717) is 17.2 Å². The summed E-state index contributed by atoms with van der Waals surface area (Å²) in [7, 11) is 0. The SMILES string of the molecule is NC(=O)CNC(=O)c1cccc(NC(=O)C2COc3ccccc3O2)c1. The van der Waals surface area contributed by atoms with Gasteiger partial charge in [-0.2, -0.15) is 0 Å². The first kappa shape index (κ1) is 17.3. The van der Waals surface area contributed by atoms with Crippen molar-refractivity contribution in [3.05, 3.63) is 54.1 Å². The third kappa shape index (κ3) is 4.10. The smallest absolute Gasteiger partial charge is 0.269 e. The lowest BCUT2D eigenvalue weighted by Crippen LogP contribution is -2.40. The molecule has 0 aromatic heterocycles. The fourth-order valence-corrected chi connectivity index (χ4v) is 2.38. The molecule has 0 fully saturated rings. The molecule has 8 heteroatoms. The summed E-state index contributed by atoms with van der Waals surface area (Å²) in [6.45, 7) is -0.177. The zero-order valence-corrected chi connectivity index (χ0v) is 13.7. The molecule has 1 heterocycles. The quantitative estimate of drug-likeness (QED) is 0.728. The number of hydrogen-bond donors (Lipinski definition) is 3. The van der Waals surface area contributed by atoms with Gasteiger partial charge in [0.15, 0.2) is 11.5 Å². The van der Waals surface area contributed by atoms with Crippen molar-refractivity contribution in [1.82, 2.24) is 5.32 Å². The number of para-hydroxylation sites is 2. The number of nitrogens with one attached hydrogen (secondary N) is 2. The zero-order chi connectivity index (χ0) is 18.5. The van der Waals surface area contributed by atoms with E-state index >= 15 is 0 Å². The Morgan fingerprint density at radius 3 is 2.62 bits per heavy atom. The molecule has 0 aliphatic carbocycles. The summed E-state index contributed by atoms with van der Waals surface area (Å²) >= 11 is 0. The lowest BCUT2D eigenvalue weighted by atomic mass is 10.1. The number of anilines is 1. The highest BCUT2D eigenvalue weighted by molar-refractivity contribution is 5.99. The number of carbonyl (C=O) groups excluding carboxylic acids is 3. The number of rotatable bonds is 5. The van der Waals surface area contributed by atoms with Gasteiger partial charge in [-0.15, -0.1) is 0 Å². The lowest BCUT2D eigenvalue weighted by molar-refractivity contribution is -0.125. The first-order chi connectivity index (χ1) is 12.5. The minimum atomic E-state index is -0.808. The van der Waals surface area contributed by atoms with E-state index in [9.17, 15) is 14.4 Å². The Balaban J connectivity index is 1.64. The molecule has 3 rings (SSSR count). The van der Waals surface area contributed by atoms with Gasteiger partial charge in [-0.25, -0.2) is 0 Å². The van der Waals surface area contributed by atoms with E-state index in [1.54, 1.807) is 36.4 Å². The molecule has 8 nitrogen and oxygen atoms in total. The molecular weight excluding hydrogens is 338 g/mol. The van der Waals surface area contributed by atoms with Gasteiger partial charge in [0.2, 0.25) is 12.0 Å². The van der Waals surface area contributed by atoms with E-state index in [1.165, 1.54) is 6.07 Å². The number of amides is 3. The molecule has 1 aliphatic heterocycles. The highest BCUT2D eigenvalue weighted by Gasteiger charge is 2.27. The van der Waals surface area contributed by atoms with Gasteiger partial charge in [-0.3, -0.25) is 14.4 Å². The van der Waals surface area contributed by atoms with Crippen molar-refractivity contribution in [1.29, 1.82) is 0 Å². The number of carbonyl (C=O) groups is 3. The summed E-state index contributed by atoms with van der Waals surface area (Å²) in [6.07, 6.45) is -0.808. The molecule has 1 atom stereocenters. The molecule has 4 N–H and O–H groups in total. The van der Waals surface area contributed by atoms with E-state index < -0.39 is 23.8 Å². The molecule has 134 valence electrons. The molecule has 1 aliphatic rings. The van der Waals surface area contributed by atoms with Crippen LogP contribution in [0.4, 0.5) is 5.69 Å². The van der Waals surface area contributed by atoms with Crippen LogP contribution < -0.4 is 25.8 Å². The van der Waals surface area contributed by atoms with Gasteiger partial charge in [-0.1, -0.05) is 18.2 Å². The maximum atomic E-state index is 12.4. The van der Waals surface area contributed by atoms with E-state index in [-0.39, 0.29) is 18.7 Å². The first-order valence-corrected chi connectivity index (χ1v) is 7.89. The average molecular weight is 355 g/mol. The summed E-state index contributed by atoms with van der Waals surface area (Å²) in [6, 6.07) is 13.4. The van der Waals surface area contributed by atoms with Gasteiger partial charge < -0.3 is 25.8 Å². The van der Waals surface area contributed by atoms with Crippen molar-refractivity contribution in [3.63, 3.8) is 0 Å². The predicted octanol–water partition coefficient (Wildman–Crippen LogP) is 0.680. The van der Waals surface area contributed by atoms with Crippen LogP contribution in [0, 0.1) is 0 Å². The summed E-state index contributed by atoms with van der Waals surface area (Å²) in [5.74, 6) is -0.416. The number of primary amides is 1. The molecule has 0 radical (unpaired) electrons. The zero-order valence-electron chi connectivity index (χ0n) is 13.7. The monoisotopic (exact) mass is 355 g/mol. The van der Waals surface area contributed by atoms with Crippen LogP contribution >= 0.6 is 0 Å². The van der Waals surface area contributed by atoms with Gasteiger partial charge in [0.25, 0.3) is 11.8 Å². The molecule has 2 aromatic carbocycles. The van der Waals surface area contributed by atoms with Gasteiger partial charge in [0, 0.05) is 11.3 Å². The molecular formula is C18H17N3O5. The molecule has 2 aromatic rings. The van der Waals surface area contributed by atoms with Gasteiger partial charge >= 0.3 is 0 Å². The Labute approximate surface area is 149 Å². The highest BCUT2D eigenvalue weighted by Crippen LogP contribution is 2.31. The lowest BCUT2D eigenvalue weighted by Gasteiger charge is -2.25. The van der Waals surface area contributed by atoms with Crippen molar-refractivity contribution < 1.29 is 23.9 Å². The summed E-state index contributed by atoms with van der Waals surface area (Å²) in [5.41, 5.74) is 5.70. The average Bonchev–Trinajstić information content (AvgIpc) is 2.65. The van der Waals surface area contributed by atoms with Crippen molar-refractivity contribution in [3.8, 4) is 11.5 Å². The van der Waals surface area contributed by atoms with E-state index in [4.69, 9.17) is 15.2 Å². The molecule has 0 saturated heterocycles. The molecule has 0 saturated carbocycles. The minimum Gasteiger partial charge on any atom is -0.485 e. The summed E-state index contributed by atoms with van der Waals surface area (Å²) in [5, 5.41) is 5.07. The molecule has 26 heavy (non-hydrogen) atoms. The molecule has 0 spiro atoms. The summed E-state index contributed by atoms with van der Waals surface area (Å²) < 4.78 is 11.2. The normalized spacial score (nSPS) is 15.0. The van der Waals surface area contributed by atoms with E-state index in [1.807, 2.05) is 6.07 Å². The van der Waals surface area contributed by atoms with E-state index in [2.05, 4.69) is 10.6 Å². The maximum Gasteiger partial charge on any atom is 0.269 e. The van der Waals surface area contributed by atoms with Crippen molar-refractivity contribution in [2.45, 2.75) is 6.10 Å². The van der Waals surface area contributed by atoms with Gasteiger partial charge in [0.05, 0.1) is 6.54 Å². The second-order valence-electron chi connectivity index (χ2n) is 5.58. The minimum absolute atomic E-state index is 0.0850. The summed E-state index contributed by atoms with van der Waals surface area (Å²) in [4.78, 5) is 35.1. The van der Waals surface area contributed by atoms with Gasteiger partial charge in [0.1, 0.15) is 6.61 Å². The fraction of sp³-hybridized carbons (Fsp3) is 0.167. The Morgan fingerprint density at radius 2 is 1.85 bits per heavy atom. The number of hydrogen-bond acceptors (Lipinski definition) is 5. The third-order valence-electron chi connectivity index (χ3n) is 3.62. The first-order valence-electron chi connectivity index (χ1n) is 7.89. The van der Waals surface area contributed by atoms with Crippen LogP contribution in [0.3, 0.4) is 0 Å². The van der Waals surface area contributed by atoms with Crippen LogP contribution in [0.1, 0.15) is 10.4 Å².